The second-order valence-corrected chi connectivity index (χ2v) is 7.12. The fraction of sp³-hybridized carbons (Fsp3) is 0.667. The molecule has 1 aliphatic rings. The lowest BCUT2D eigenvalue weighted by atomic mass is 9.87. The zero-order valence-electron chi connectivity index (χ0n) is 14.6. The zero-order valence-corrected chi connectivity index (χ0v) is 14.6. The highest BCUT2D eigenvalue weighted by Gasteiger charge is 2.44. The van der Waals surface area contributed by atoms with E-state index in [2.05, 4.69) is 33.8 Å². The molecule has 0 amide bonds. The Bertz CT molecular complexity index is 525. The Hall–Kier alpha value is -1.10. The van der Waals surface area contributed by atoms with Gasteiger partial charge in [0.05, 0.1) is 30.0 Å². The molecule has 0 aliphatic carbocycles. The van der Waals surface area contributed by atoms with Crippen LogP contribution in [0.3, 0.4) is 0 Å². The molecular formula is C18H29NO3. The number of nitrogen functional groups attached to an aromatic ring is 1. The van der Waals surface area contributed by atoms with Gasteiger partial charge >= 0.3 is 0 Å². The van der Waals surface area contributed by atoms with E-state index in [4.69, 9.17) is 19.9 Å². The number of anilines is 1. The quantitative estimate of drug-likeness (QED) is 0.865. The molecule has 1 fully saturated rings. The fourth-order valence-electron chi connectivity index (χ4n) is 2.68. The maximum Gasteiger partial charge on any atom is 0.0914 e. The molecule has 22 heavy (non-hydrogen) atoms. The van der Waals surface area contributed by atoms with Crippen LogP contribution in [-0.2, 0) is 20.6 Å². The van der Waals surface area contributed by atoms with E-state index >= 15 is 0 Å². The minimum absolute atomic E-state index is 0.00282. The van der Waals surface area contributed by atoms with E-state index in [1.165, 1.54) is 0 Å². The Morgan fingerprint density at radius 3 is 2.50 bits per heavy atom. The Morgan fingerprint density at radius 1 is 1.27 bits per heavy atom. The molecule has 4 nitrogen and oxygen atoms in total. The molecule has 124 valence electrons. The summed E-state index contributed by atoms with van der Waals surface area (Å²) in [5.74, 6) is 0. The molecule has 1 heterocycles. The summed E-state index contributed by atoms with van der Waals surface area (Å²) in [5, 5.41) is 0. The van der Waals surface area contributed by atoms with Gasteiger partial charge in [-0.3, -0.25) is 0 Å². The molecule has 0 saturated carbocycles. The summed E-state index contributed by atoms with van der Waals surface area (Å²) in [6.07, 6.45) is 0.849. The first-order chi connectivity index (χ1) is 10.2. The van der Waals surface area contributed by atoms with Gasteiger partial charge in [-0.15, -0.1) is 0 Å². The van der Waals surface area contributed by atoms with Crippen LogP contribution in [-0.4, -0.2) is 31.0 Å². The zero-order chi connectivity index (χ0) is 16.5. The van der Waals surface area contributed by atoms with Gasteiger partial charge < -0.3 is 19.9 Å². The van der Waals surface area contributed by atoms with Gasteiger partial charge in [0.25, 0.3) is 0 Å². The van der Waals surface area contributed by atoms with Crippen LogP contribution in [0.5, 0.6) is 0 Å². The van der Waals surface area contributed by atoms with Crippen molar-refractivity contribution in [1.82, 2.24) is 0 Å². The van der Waals surface area contributed by atoms with E-state index < -0.39 is 0 Å². The second-order valence-electron chi connectivity index (χ2n) is 7.12. The molecule has 1 saturated heterocycles. The molecule has 2 atom stereocenters. The molecule has 2 rings (SSSR count). The van der Waals surface area contributed by atoms with Crippen molar-refractivity contribution in [3.05, 3.63) is 29.3 Å². The van der Waals surface area contributed by atoms with E-state index in [-0.39, 0.29) is 23.4 Å². The highest BCUT2D eigenvalue weighted by Crippen LogP contribution is 2.35. The third-order valence-electron chi connectivity index (χ3n) is 4.95. The summed E-state index contributed by atoms with van der Waals surface area (Å²) in [4.78, 5) is 0. The van der Waals surface area contributed by atoms with Crippen molar-refractivity contribution in [1.29, 1.82) is 0 Å². The van der Waals surface area contributed by atoms with Crippen LogP contribution in [0.4, 0.5) is 5.69 Å². The van der Waals surface area contributed by atoms with Gasteiger partial charge in [-0.1, -0.05) is 12.1 Å². The number of nitrogens with two attached hydrogens (primary N) is 1. The summed E-state index contributed by atoms with van der Waals surface area (Å²) in [7, 11) is 1.69. The molecule has 2 unspecified atom stereocenters. The van der Waals surface area contributed by atoms with Crippen molar-refractivity contribution in [2.24, 2.45) is 0 Å². The third kappa shape index (κ3) is 3.45. The molecular weight excluding hydrogens is 278 g/mol. The summed E-state index contributed by atoms with van der Waals surface area (Å²) in [6.45, 7) is 10.9. The maximum absolute atomic E-state index is 6.24. The van der Waals surface area contributed by atoms with Crippen molar-refractivity contribution < 1.29 is 14.2 Å². The average Bonchev–Trinajstić information content (AvgIpc) is 2.42. The number of hydrogen-bond donors (Lipinski definition) is 1. The highest BCUT2D eigenvalue weighted by molar-refractivity contribution is 5.50. The van der Waals surface area contributed by atoms with Crippen LogP contribution in [0.1, 0.15) is 51.8 Å². The lowest BCUT2D eigenvalue weighted by Gasteiger charge is -2.48. The molecule has 1 aromatic carbocycles. The van der Waals surface area contributed by atoms with Crippen molar-refractivity contribution in [3.63, 3.8) is 0 Å². The van der Waals surface area contributed by atoms with E-state index in [0.29, 0.717) is 6.61 Å². The van der Waals surface area contributed by atoms with E-state index in [1.54, 1.807) is 7.11 Å². The van der Waals surface area contributed by atoms with Crippen molar-refractivity contribution in [2.45, 2.75) is 64.4 Å². The monoisotopic (exact) mass is 307 g/mol. The van der Waals surface area contributed by atoms with E-state index in [9.17, 15) is 0 Å². The fourth-order valence-corrected chi connectivity index (χ4v) is 2.68. The minimum atomic E-state index is -0.314. The summed E-state index contributed by atoms with van der Waals surface area (Å²) in [5.41, 5.74) is 8.51. The van der Waals surface area contributed by atoms with Crippen molar-refractivity contribution >= 4 is 5.69 Å². The van der Waals surface area contributed by atoms with Crippen LogP contribution in [0, 0.1) is 0 Å². The predicted octanol–water partition coefficient (Wildman–Crippen LogP) is 3.49. The molecule has 0 aromatic heterocycles. The molecule has 1 aliphatic heterocycles. The normalized spacial score (nSPS) is 24.9. The smallest absolute Gasteiger partial charge is 0.0914 e. The second kappa shape index (κ2) is 6.19. The molecule has 1 aromatic rings. The number of ether oxygens (including phenoxy) is 3. The van der Waals surface area contributed by atoms with Crippen LogP contribution in [0.15, 0.2) is 18.2 Å². The van der Waals surface area contributed by atoms with E-state index in [0.717, 1.165) is 23.2 Å². The first-order valence-corrected chi connectivity index (χ1v) is 7.89. The average molecular weight is 307 g/mol. The van der Waals surface area contributed by atoms with Gasteiger partial charge in [0, 0.05) is 24.8 Å². The Kier molecular flexibility index (Phi) is 4.85. The van der Waals surface area contributed by atoms with Gasteiger partial charge in [-0.05, 0) is 46.2 Å². The van der Waals surface area contributed by atoms with Crippen LogP contribution < -0.4 is 5.73 Å². The van der Waals surface area contributed by atoms with Crippen molar-refractivity contribution in [2.75, 3.05) is 19.5 Å². The first-order valence-electron chi connectivity index (χ1n) is 7.89. The van der Waals surface area contributed by atoms with Gasteiger partial charge in [0.15, 0.2) is 0 Å². The maximum atomic E-state index is 6.24. The Labute approximate surface area is 133 Å². The topological polar surface area (TPSA) is 53.7 Å². The SMILES string of the molecule is COC(C)c1ccc(CC2COC(C)(C)C(C)(C)O2)cc1N. The van der Waals surface area contributed by atoms with Gasteiger partial charge in [-0.2, -0.15) is 0 Å². The largest absolute Gasteiger partial charge is 0.398 e. The van der Waals surface area contributed by atoms with E-state index in [1.807, 2.05) is 19.1 Å². The van der Waals surface area contributed by atoms with Gasteiger partial charge in [-0.25, -0.2) is 0 Å². The standard InChI is InChI=1S/C18H29NO3/c1-12(20-6)15-8-7-13(10-16(15)19)9-14-11-21-17(2,3)18(4,5)22-14/h7-8,10,12,14H,9,11,19H2,1-6H3. The van der Waals surface area contributed by atoms with Crippen LogP contribution in [0.25, 0.3) is 0 Å². The molecule has 2 N–H and O–H groups in total. The molecule has 0 bridgehead atoms. The Balaban J connectivity index is 2.08. The molecule has 0 radical (unpaired) electrons. The highest BCUT2D eigenvalue weighted by atomic mass is 16.6. The number of benzene rings is 1. The summed E-state index contributed by atoms with van der Waals surface area (Å²) >= 11 is 0. The predicted molar refractivity (Wildman–Crippen MR) is 89.0 cm³/mol. The summed E-state index contributed by atoms with van der Waals surface area (Å²) in [6, 6.07) is 6.15. The number of hydrogen-bond acceptors (Lipinski definition) is 4. The Morgan fingerprint density at radius 2 is 1.95 bits per heavy atom. The third-order valence-corrected chi connectivity index (χ3v) is 4.95. The van der Waals surface area contributed by atoms with Gasteiger partial charge in [0.1, 0.15) is 0 Å². The van der Waals surface area contributed by atoms with Gasteiger partial charge in [0.2, 0.25) is 0 Å². The number of methoxy groups -OCH3 is 1. The lowest BCUT2D eigenvalue weighted by molar-refractivity contribution is -0.261. The first kappa shape index (κ1) is 17.3. The van der Waals surface area contributed by atoms with Crippen LogP contribution >= 0.6 is 0 Å². The lowest BCUT2D eigenvalue weighted by Crippen LogP contribution is -2.57. The molecule has 0 spiro atoms. The van der Waals surface area contributed by atoms with Crippen LogP contribution in [0.2, 0.25) is 0 Å². The number of rotatable bonds is 4. The summed E-state index contributed by atoms with van der Waals surface area (Å²) < 4.78 is 17.6. The minimum Gasteiger partial charge on any atom is -0.398 e. The molecule has 4 heteroatoms. The van der Waals surface area contributed by atoms with Crippen molar-refractivity contribution in [3.8, 4) is 0 Å².